The van der Waals surface area contributed by atoms with Crippen molar-refractivity contribution in [1.29, 1.82) is 5.41 Å². The summed E-state index contributed by atoms with van der Waals surface area (Å²) in [5.41, 5.74) is 2.46. The molecular weight excluding hydrogens is 251 g/mol. The zero-order valence-corrected chi connectivity index (χ0v) is 10.2. The first kappa shape index (κ1) is 11.2. The molecule has 0 aliphatic carbocycles. The Bertz CT molecular complexity index is 639. The lowest BCUT2D eigenvalue weighted by molar-refractivity contribution is 0.627. The average Bonchev–Trinajstić information content (AvgIpc) is 2.67. The number of anilines is 1. The van der Waals surface area contributed by atoms with Crippen LogP contribution in [-0.2, 0) is 6.54 Å². The molecule has 0 saturated carbocycles. The maximum absolute atomic E-state index is 13.2. The molecule has 0 spiro atoms. The SMILES string of the molecule is N=C1c2cc(F)ccc2CN1c1cccc(Cl)c1. The molecule has 2 aromatic carbocycles. The van der Waals surface area contributed by atoms with Crippen LogP contribution in [0.3, 0.4) is 0 Å². The molecule has 0 radical (unpaired) electrons. The summed E-state index contributed by atoms with van der Waals surface area (Å²) < 4.78 is 13.2. The van der Waals surface area contributed by atoms with Gasteiger partial charge in [-0.05, 0) is 35.9 Å². The van der Waals surface area contributed by atoms with Gasteiger partial charge in [-0.3, -0.25) is 5.41 Å². The number of hydrogen-bond donors (Lipinski definition) is 1. The number of amidine groups is 1. The van der Waals surface area contributed by atoms with Crippen molar-refractivity contribution in [2.75, 3.05) is 4.90 Å². The van der Waals surface area contributed by atoms with Gasteiger partial charge in [0.05, 0.1) is 6.54 Å². The van der Waals surface area contributed by atoms with Gasteiger partial charge in [-0.2, -0.15) is 0 Å². The molecule has 0 saturated heterocycles. The first-order valence-electron chi connectivity index (χ1n) is 5.55. The minimum Gasteiger partial charge on any atom is -0.322 e. The number of halogens is 2. The number of nitrogens with zero attached hydrogens (tertiary/aromatic N) is 1. The third-order valence-electron chi connectivity index (χ3n) is 3.05. The van der Waals surface area contributed by atoms with Gasteiger partial charge < -0.3 is 4.90 Å². The molecule has 18 heavy (non-hydrogen) atoms. The number of rotatable bonds is 1. The van der Waals surface area contributed by atoms with Crippen LogP contribution in [0.4, 0.5) is 10.1 Å². The van der Waals surface area contributed by atoms with E-state index in [1.54, 1.807) is 18.2 Å². The van der Waals surface area contributed by atoms with Crippen LogP contribution >= 0.6 is 11.6 Å². The normalized spacial score (nSPS) is 13.9. The van der Waals surface area contributed by atoms with Gasteiger partial charge in [0.15, 0.2) is 0 Å². The zero-order chi connectivity index (χ0) is 12.7. The lowest BCUT2D eigenvalue weighted by atomic mass is 10.1. The smallest absolute Gasteiger partial charge is 0.133 e. The highest BCUT2D eigenvalue weighted by Gasteiger charge is 2.25. The summed E-state index contributed by atoms with van der Waals surface area (Å²) in [5.74, 6) is -0.00166. The maximum Gasteiger partial charge on any atom is 0.133 e. The van der Waals surface area contributed by atoms with E-state index in [0.717, 1.165) is 11.3 Å². The van der Waals surface area contributed by atoms with Crippen molar-refractivity contribution in [2.24, 2.45) is 0 Å². The quantitative estimate of drug-likeness (QED) is 0.829. The molecular formula is C14H10ClFN2. The summed E-state index contributed by atoms with van der Waals surface area (Å²) in [7, 11) is 0. The van der Waals surface area contributed by atoms with Gasteiger partial charge in [0, 0.05) is 16.3 Å². The second kappa shape index (κ2) is 4.10. The Labute approximate surface area is 109 Å². The van der Waals surface area contributed by atoms with Crippen LogP contribution in [0.25, 0.3) is 0 Å². The van der Waals surface area contributed by atoms with Crippen molar-refractivity contribution in [3.63, 3.8) is 0 Å². The molecule has 0 aromatic heterocycles. The molecule has 0 amide bonds. The molecule has 3 rings (SSSR count). The summed E-state index contributed by atoms with van der Waals surface area (Å²) in [5, 5.41) is 8.74. The molecule has 0 unspecified atom stereocenters. The molecule has 90 valence electrons. The van der Waals surface area contributed by atoms with Gasteiger partial charge in [0.1, 0.15) is 11.7 Å². The van der Waals surface area contributed by atoms with E-state index in [-0.39, 0.29) is 5.82 Å². The highest BCUT2D eigenvalue weighted by atomic mass is 35.5. The molecule has 0 bridgehead atoms. The Morgan fingerprint density at radius 1 is 1.17 bits per heavy atom. The summed E-state index contributed by atoms with van der Waals surface area (Å²) in [6.07, 6.45) is 0. The Hall–Kier alpha value is -1.87. The van der Waals surface area contributed by atoms with Gasteiger partial charge in [0.25, 0.3) is 0 Å². The highest BCUT2D eigenvalue weighted by Crippen LogP contribution is 2.29. The molecule has 2 aromatic rings. The van der Waals surface area contributed by atoms with E-state index < -0.39 is 0 Å². The lowest BCUT2D eigenvalue weighted by Crippen LogP contribution is -2.22. The van der Waals surface area contributed by atoms with E-state index in [1.807, 2.05) is 17.0 Å². The van der Waals surface area contributed by atoms with Gasteiger partial charge in [-0.15, -0.1) is 0 Å². The van der Waals surface area contributed by atoms with Crippen LogP contribution in [0, 0.1) is 11.2 Å². The van der Waals surface area contributed by atoms with Crippen molar-refractivity contribution in [3.8, 4) is 0 Å². The van der Waals surface area contributed by atoms with Gasteiger partial charge >= 0.3 is 0 Å². The van der Waals surface area contributed by atoms with Gasteiger partial charge in [-0.25, -0.2) is 4.39 Å². The fourth-order valence-corrected chi connectivity index (χ4v) is 2.35. The zero-order valence-electron chi connectivity index (χ0n) is 9.45. The molecule has 1 heterocycles. The van der Waals surface area contributed by atoms with Crippen LogP contribution in [0.5, 0.6) is 0 Å². The fourth-order valence-electron chi connectivity index (χ4n) is 2.17. The first-order chi connectivity index (χ1) is 8.65. The number of nitrogens with one attached hydrogen (secondary N) is 1. The molecule has 0 atom stereocenters. The molecule has 1 aliphatic rings. The summed E-state index contributed by atoms with van der Waals surface area (Å²) in [4.78, 5) is 1.82. The van der Waals surface area contributed by atoms with E-state index in [2.05, 4.69) is 0 Å². The fraction of sp³-hybridized carbons (Fsp3) is 0.0714. The topological polar surface area (TPSA) is 27.1 Å². The van der Waals surface area contributed by atoms with E-state index in [4.69, 9.17) is 17.0 Å². The van der Waals surface area contributed by atoms with Gasteiger partial charge in [0.2, 0.25) is 0 Å². The van der Waals surface area contributed by atoms with Crippen molar-refractivity contribution in [2.45, 2.75) is 6.54 Å². The third kappa shape index (κ3) is 1.77. The Morgan fingerprint density at radius 3 is 2.78 bits per heavy atom. The summed E-state index contributed by atoms with van der Waals surface area (Å²) >= 11 is 5.95. The van der Waals surface area contributed by atoms with E-state index in [9.17, 15) is 4.39 Å². The number of hydrogen-bond acceptors (Lipinski definition) is 1. The molecule has 1 aliphatic heterocycles. The number of benzene rings is 2. The molecule has 4 heteroatoms. The van der Waals surface area contributed by atoms with Gasteiger partial charge in [-0.1, -0.05) is 23.7 Å². The second-order valence-electron chi connectivity index (χ2n) is 4.22. The van der Waals surface area contributed by atoms with Crippen molar-refractivity contribution in [1.82, 2.24) is 0 Å². The molecule has 2 nitrogen and oxygen atoms in total. The summed E-state index contributed by atoms with van der Waals surface area (Å²) in [6, 6.07) is 11.9. The monoisotopic (exact) mass is 260 g/mol. The van der Waals surface area contributed by atoms with Crippen molar-refractivity contribution in [3.05, 3.63) is 64.4 Å². The minimum atomic E-state index is -0.313. The van der Waals surface area contributed by atoms with Crippen LogP contribution in [0.2, 0.25) is 5.02 Å². The standard InChI is InChI=1S/C14H10ClFN2/c15-10-2-1-3-12(6-10)18-8-9-4-5-11(16)7-13(9)14(18)17/h1-7,17H,8H2. The predicted octanol–water partition coefficient (Wildman–Crippen LogP) is 3.82. The van der Waals surface area contributed by atoms with Crippen molar-refractivity contribution < 1.29 is 4.39 Å². The largest absolute Gasteiger partial charge is 0.322 e. The third-order valence-corrected chi connectivity index (χ3v) is 3.28. The van der Waals surface area contributed by atoms with Crippen LogP contribution in [0.15, 0.2) is 42.5 Å². The van der Waals surface area contributed by atoms with Crippen LogP contribution in [-0.4, -0.2) is 5.84 Å². The molecule has 0 fully saturated rings. The average molecular weight is 261 g/mol. The van der Waals surface area contributed by atoms with E-state index in [0.29, 0.717) is 23.0 Å². The number of fused-ring (bicyclic) bond motifs is 1. The van der Waals surface area contributed by atoms with Crippen molar-refractivity contribution >= 4 is 23.1 Å². The second-order valence-corrected chi connectivity index (χ2v) is 4.65. The predicted molar refractivity (Wildman–Crippen MR) is 70.9 cm³/mol. The summed E-state index contributed by atoms with van der Waals surface area (Å²) in [6.45, 7) is 0.578. The Balaban J connectivity index is 2.02. The molecule has 1 N–H and O–H groups in total. The lowest BCUT2D eigenvalue weighted by Gasteiger charge is -2.18. The Kier molecular flexibility index (Phi) is 2.56. The minimum absolute atomic E-state index is 0.312. The van der Waals surface area contributed by atoms with Crippen LogP contribution in [0.1, 0.15) is 11.1 Å². The van der Waals surface area contributed by atoms with E-state index in [1.165, 1.54) is 12.1 Å². The van der Waals surface area contributed by atoms with E-state index >= 15 is 0 Å². The maximum atomic E-state index is 13.2. The van der Waals surface area contributed by atoms with Crippen LogP contribution < -0.4 is 4.90 Å². The Morgan fingerprint density at radius 2 is 2.00 bits per heavy atom. The first-order valence-corrected chi connectivity index (χ1v) is 5.93. The highest BCUT2D eigenvalue weighted by molar-refractivity contribution is 6.31.